The van der Waals surface area contributed by atoms with Crippen molar-refractivity contribution in [3.05, 3.63) is 0 Å². The average molecular weight is 283 g/mol. The Kier molecular flexibility index (Phi) is 4.86. The van der Waals surface area contributed by atoms with Gasteiger partial charge in [0.25, 0.3) is 0 Å². The van der Waals surface area contributed by atoms with E-state index >= 15 is 0 Å². The van der Waals surface area contributed by atoms with Crippen molar-refractivity contribution in [3.63, 3.8) is 0 Å². The summed E-state index contributed by atoms with van der Waals surface area (Å²) < 4.78 is 0. The van der Waals surface area contributed by atoms with Gasteiger partial charge in [-0.2, -0.15) is 0 Å². The minimum Gasteiger partial charge on any atom is -0.480 e. The molecule has 114 valence electrons. The molecule has 2 heterocycles. The molecule has 6 heteroatoms. The number of carbonyl (C=O) groups is 2. The van der Waals surface area contributed by atoms with E-state index in [4.69, 9.17) is 0 Å². The number of aliphatic carboxylic acids is 1. The summed E-state index contributed by atoms with van der Waals surface area (Å²) in [5.74, 6) is -1.02. The second-order valence-electron chi connectivity index (χ2n) is 5.93. The lowest BCUT2D eigenvalue weighted by molar-refractivity contribution is -0.140. The van der Waals surface area contributed by atoms with Gasteiger partial charge in [-0.3, -0.25) is 4.90 Å². The molecule has 0 aromatic carbocycles. The highest BCUT2D eigenvalue weighted by Gasteiger charge is 2.34. The summed E-state index contributed by atoms with van der Waals surface area (Å²) in [6.45, 7) is 7.23. The number of rotatable bonds is 4. The minimum atomic E-state index is -0.952. The summed E-state index contributed by atoms with van der Waals surface area (Å²) in [5, 5.41) is 11.9. The van der Waals surface area contributed by atoms with E-state index in [1.807, 2.05) is 13.8 Å². The van der Waals surface area contributed by atoms with Crippen molar-refractivity contribution in [1.82, 2.24) is 15.1 Å². The van der Waals surface area contributed by atoms with Crippen LogP contribution in [0.4, 0.5) is 4.79 Å². The van der Waals surface area contributed by atoms with Crippen LogP contribution < -0.4 is 5.32 Å². The predicted molar refractivity (Wildman–Crippen MR) is 75.6 cm³/mol. The molecule has 0 aliphatic carbocycles. The summed E-state index contributed by atoms with van der Waals surface area (Å²) in [6.07, 6.45) is 3.07. The number of fused-ring (bicyclic) bond motifs is 1. The maximum absolute atomic E-state index is 12.3. The molecule has 2 aliphatic rings. The third-order valence-electron chi connectivity index (χ3n) is 4.63. The number of amides is 2. The van der Waals surface area contributed by atoms with E-state index < -0.39 is 12.0 Å². The van der Waals surface area contributed by atoms with Gasteiger partial charge < -0.3 is 15.3 Å². The fourth-order valence-corrected chi connectivity index (χ4v) is 3.08. The maximum atomic E-state index is 12.3. The van der Waals surface area contributed by atoms with E-state index in [-0.39, 0.29) is 11.9 Å². The summed E-state index contributed by atoms with van der Waals surface area (Å²) in [5.41, 5.74) is 0. The molecule has 0 bridgehead atoms. The third kappa shape index (κ3) is 3.23. The summed E-state index contributed by atoms with van der Waals surface area (Å²) in [4.78, 5) is 27.7. The number of nitrogens with one attached hydrogen (secondary N) is 1. The molecule has 2 aliphatic heterocycles. The highest BCUT2D eigenvalue weighted by atomic mass is 16.4. The van der Waals surface area contributed by atoms with Crippen molar-refractivity contribution in [1.29, 1.82) is 0 Å². The van der Waals surface area contributed by atoms with Crippen molar-refractivity contribution >= 4 is 12.0 Å². The van der Waals surface area contributed by atoms with Crippen LogP contribution >= 0.6 is 0 Å². The van der Waals surface area contributed by atoms with Crippen molar-refractivity contribution in [2.75, 3.05) is 26.2 Å². The molecule has 2 amide bonds. The molecular weight excluding hydrogens is 258 g/mol. The van der Waals surface area contributed by atoms with Gasteiger partial charge in [0.05, 0.1) is 0 Å². The number of carboxylic acid groups (broad SMARTS) is 1. The lowest BCUT2D eigenvalue weighted by Gasteiger charge is -2.38. The first-order valence-corrected chi connectivity index (χ1v) is 7.55. The lowest BCUT2D eigenvalue weighted by Crippen LogP contribution is -2.57. The molecule has 0 radical (unpaired) electrons. The van der Waals surface area contributed by atoms with Gasteiger partial charge in [0.15, 0.2) is 0 Å². The highest BCUT2D eigenvalue weighted by molar-refractivity contribution is 5.82. The van der Waals surface area contributed by atoms with Gasteiger partial charge in [-0.15, -0.1) is 0 Å². The topological polar surface area (TPSA) is 72.9 Å². The zero-order valence-electron chi connectivity index (χ0n) is 12.3. The molecule has 0 aromatic heterocycles. The van der Waals surface area contributed by atoms with E-state index in [2.05, 4.69) is 10.2 Å². The highest BCUT2D eigenvalue weighted by Crippen LogP contribution is 2.21. The smallest absolute Gasteiger partial charge is 0.326 e. The third-order valence-corrected chi connectivity index (χ3v) is 4.63. The summed E-state index contributed by atoms with van der Waals surface area (Å²) in [6, 6.07) is -0.570. The first kappa shape index (κ1) is 15.1. The van der Waals surface area contributed by atoms with Gasteiger partial charge in [0.1, 0.15) is 6.04 Å². The molecular formula is C14H25N3O3. The lowest BCUT2D eigenvalue weighted by atomic mass is 9.99. The molecule has 0 spiro atoms. The van der Waals surface area contributed by atoms with Crippen LogP contribution in [-0.2, 0) is 4.79 Å². The molecule has 2 fully saturated rings. The van der Waals surface area contributed by atoms with E-state index in [1.54, 1.807) is 4.90 Å². The second kappa shape index (κ2) is 6.43. The largest absolute Gasteiger partial charge is 0.480 e. The molecule has 2 saturated heterocycles. The van der Waals surface area contributed by atoms with Crippen LogP contribution in [0.25, 0.3) is 0 Å². The van der Waals surface area contributed by atoms with Gasteiger partial charge in [0.2, 0.25) is 0 Å². The Morgan fingerprint density at radius 1 is 1.35 bits per heavy atom. The van der Waals surface area contributed by atoms with Crippen molar-refractivity contribution in [2.45, 2.75) is 45.2 Å². The normalized spacial score (nSPS) is 25.9. The summed E-state index contributed by atoms with van der Waals surface area (Å²) in [7, 11) is 0. The quantitative estimate of drug-likeness (QED) is 0.806. The van der Waals surface area contributed by atoms with Gasteiger partial charge in [-0.05, 0) is 25.3 Å². The van der Waals surface area contributed by atoms with Crippen molar-refractivity contribution in [2.24, 2.45) is 5.92 Å². The number of piperazine rings is 1. The van der Waals surface area contributed by atoms with Crippen LogP contribution in [0.3, 0.4) is 0 Å². The van der Waals surface area contributed by atoms with Gasteiger partial charge >= 0.3 is 12.0 Å². The number of nitrogens with zero attached hydrogens (tertiary/aromatic N) is 2. The van der Waals surface area contributed by atoms with Crippen molar-refractivity contribution in [3.8, 4) is 0 Å². The van der Waals surface area contributed by atoms with Gasteiger partial charge in [0, 0.05) is 25.7 Å². The van der Waals surface area contributed by atoms with Crippen LogP contribution in [0.2, 0.25) is 0 Å². The second-order valence-corrected chi connectivity index (χ2v) is 5.93. The fraction of sp³-hybridized carbons (Fsp3) is 0.857. The van der Waals surface area contributed by atoms with E-state index in [0.29, 0.717) is 12.6 Å². The van der Waals surface area contributed by atoms with E-state index in [1.165, 1.54) is 6.42 Å². The Morgan fingerprint density at radius 3 is 2.75 bits per heavy atom. The van der Waals surface area contributed by atoms with Gasteiger partial charge in [-0.1, -0.05) is 20.3 Å². The van der Waals surface area contributed by atoms with E-state index in [0.717, 1.165) is 32.5 Å². The molecule has 2 N–H and O–H groups in total. The Morgan fingerprint density at radius 2 is 2.10 bits per heavy atom. The zero-order chi connectivity index (χ0) is 14.7. The number of urea groups is 1. The Labute approximate surface area is 120 Å². The molecule has 20 heavy (non-hydrogen) atoms. The standard InChI is InChI=1S/C14H25N3O3/c1-3-10(2)12(13(18)19)15-14(20)17-8-7-16-6-4-5-11(16)9-17/h10-12H,3-9H2,1-2H3,(H,15,20)(H,18,19). The van der Waals surface area contributed by atoms with Crippen LogP contribution in [0.5, 0.6) is 0 Å². The molecule has 0 saturated carbocycles. The van der Waals surface area contributed by atoms with Crippen molar-refractivity contribution < 1.29 is 14.7 Å². The first-order chi connectivity index (χ1) is 9.52. The van der Waals surface area contributed by atoms with Crippen LogP contribution in [0.15, 0.2) is 0 Å². The number of carboxylic acids is 1. The minimum absolute atomic E-state index is 0.0655. The molecule has 0 aromatic rings. The predicted octanol–water partition coefficient (Wildman–Crippen LogP) is 0.975. The van der Waals surface area contributed by atoms with Crippen LogP contribution in [0.1, 0.15) is 33.1 Å². The zero-order valence-corrected chi connectivity index (χ0v) is 12.3. The average Bonchev–Trinajstić information content (AvgIpc) is 2.90. The maximum Gasteiger partial charge on any atom is 0.326 e. The van der Waals surface area contributed by atoms with Crippen LogP contribution in [-0.4, -0.2) is 65.2 Å². The Hall–Kier alpha value is -1.30. The molecule has 2 rings (SSSR count). The SMILES string of the molecule is CCC(C)C(NC(=O)N1CCN2CCCC2C1)C(=O)O. The Balaban J connectivity index is 1.91. The number of hydrogen-bond acceptors (Lipinski definition) is 3. The number of hydrogen-bond donors (Lipinski definition) is 2. The Bertz CT molecular complexity index is 375. The summed E-state index contributed by atoms with van der Waals surface area (Å²) >= 11 is 0. The molecule has 3 unspecified atom stereocenters. The van der Waals surface area contributed by atoms with Crippen LogP contribution in [0, 0.1) is 5.92 Å². The monoisotopic (exact) mass is 283 g/mol. The first-order valence-electron chi connectivity index (χ1n) is 7.55. The molecule has 6 nitrogen and oxygen atoms in total. The molecule has 3 atom stereocenters. The van der Waals surface area contributed by atoms with Gasteiger partial charge in [-0.25, -0.2) is 9.59 Å². The number of carbonyl (C=O) groups excluding carboxylic acids is 1. The van der Waals surface area contributed by atoms with E-state index in [9.17, 15) is 14.7 Å². The fourth-order valence-electron chi connectivity index (χ4n) is 3.08.